The number of carbonyl (C=O) groups is 4. The summed E-state index contributed by atoms with van der Waals surface area (Å²) in [5, 5.41) is 13.4. The first-order valence-electron chi connectivity index (χ1n) is 13.9. The maximum Gasteiger partial charge on any atom is 0.338 e. The maximum absolute atomic E-state index is 14.0. The topological polar surface area (TPSA) is 158 Å². The van der Waals surface area contributed by atoms with Gasteiger partial charge in [0.05, 0.1) is 33.7 Å². The SMILES string of the molecule is CCOC(=O)c1ccc(NC(=O)Cn2c3c(sc2=O)[C@H](c2ccc(Br)cc2)C2C(=O)N(c4ccc([N+](=O)[O-])cc4)C(=O)C2S3)cc1. The number of hydrogen-bond acceptors (Lipinski definition) is 10. The number of thioether (sulfide) groups is 1. The third kappa shape index (κ3) is 5.76. The number of imide groups is 1. The van der Waals surface area contributed by atoms with Crippen molar-refractivity contribution in [1.82, 2.24) is 4.57 Å². The Balaban J connectivity index is 1.33. The smallest absolute Gasteiger partial charge is 0.338 e. The molecular formula is C31H23BrN4O8S2. The minimum atomic E-state index is -0.914. The Labute approximate surface area is 277 Å². The number of ether oxygens (including phenoxy) is 1. The van der Waals surface area contributed by atoms with Gasteiger partial charge in [-0.2, -0.15) is 0 Å². The summed E-state index contributed by atoms with van der Waals surface area (Å²) in [6.45, 7) is 1.58. The second kappa shape index (κ2) is 12.7. The van der Waals surface area contributed by atoms with Crippen molar-refractivity contribution >= 4 is 79.8 Å². The van der Waals surface area contributed by atoms with Gasteiger partial charge in [0, 0.05) is 33.1 Å². The van der Waals surface area contributed by atoms with E-state index >= 15 is 0 Å². The van der Waals surface area contributed by atoms with Crippen LogP contribution in [0.2, 0.25) is 0 Å². The highest BCUT2D eigenvalue weighted by atomic mass is 79.9. The summed E-state index contributed by atoms with van der Waals surface area (Å²) < 4.78 is 7.09. The van der Waals surface area contributed by atoms with Gasteiger partial charge in [0.25, 0.3) is 5.69 Å². The van der Waals surface area contributed by atoms with Crippen molar-refractivity contribution < 1.29 is 28.8 Å². The molecule has 3 heterocycles. The molecule has 12 nitrogen and oxygen atoms in total. The second-order valence-corrected chi connectivity index (χ2v) is 13.4. The van der Waals surface area contributed by atoms with Gasteiger partial charge in [-0.05, 0) is 61.0 Å². The number of carbonyl (C=O) groups excluding carboxylic acids is 4. The lowest BCUT2D eigenvalue weighted by molar-refractivity contribution is -0.384. The van der Waals surface area contributed by atoms with Crippen LogP contribution in [0.15, 0.2) is 87.1 Å². The van der Waals surface area contributed by atoms with Crippen LogP contribution in [0, 0.1) is 16.0 Å². The van der Waals surface area contributed by atoms with Gasteiger partial charge in [-0.25, -0.2) is 9.69 Å². The number of esters is 1. The van der Waals surface area contributed by atoms with E-state index < -0.39 is 50.6 Å². The van der Waals surface area contributed by atoms with Crippen LogP contribution in [-0.2, 0) is 25.7 Å². The van der Waals surface area contributed by atoms with Crippen LogP contribution in [0.1, 0.15) is 33.6 Å². The summed E-state index contributed by atoms with van der Waals surface area (Å²) in [5.41, 5.74) is 1.48. The molecule has 3 atom stereocenters. The number of aromatic nitrogens is 1. The van der Waals surface area contributed by atoms with E-state index in [0.29, 0.717) is 26.7 Å². The molecular weight excluding hydrogens is 700 g/mol. The van der Waals surface area contributed by atoms with Crippen LogP contribution in [0.4, 0.5) is 17.1 Å². The average Bonchev–Trinajstić information content (AvgIpc) is 3.48. The molecule has 0 saturated carbocycles. The minimum absolute atomic E-state index is 0.179. The second-order valence-electron chi connectivity index (χ2n) is 10.3. The largest absolute Gasteiger partial charge is 0.462 e. The average molecular weight is 724 g/mol. The Hall–Kier alpha value is -4.60. The molecule has 1 fully saturated rings. The molecule has 0 bridgehead atoms. The molecule has 46 heavy (non-hydrogen) atoms. The van der Waals surface area contributed by atoms with E-state index in [9.17, 15) is 34.1 Å². The number of rotatable bonds is 8. The molecule has 2 aliphatic rings. The zero-order valence-electron chi connectivity index (χ0n) is 23.9. The van der Waals surface area contributed by atoms with Crippen LogP contribution < -0.4 is 15.1 Å². The van der Waals surface area contributed by atoms with Crippen LogP contribution in [-0.4, -0.2) is 45.0 Å². The number of non-ortho nitro benzene ring substituents is 1. The van der Waals surface area contributed by atoms with Crippen molar-refractivity contribution in [1.29, 1.82) is 0 Å². The van der Waals surface area contributed by atoms with E-state index in [1.807, 2.05) is 24.3 Å². The molecule has 0 spiro atoms. The van der Waals surface area contributed by atoms with Crippen LogP contribution >= 0.6 is 39.0 Å². The number of anilines is 2. The summed E-state index contributed by atoms with van der Waals surface area (Å²) in [5.74, 6) is -3.51. The number of halogens is 1. The Bertz CT molecular complexity index is 1940. The van der Waals surface area contributed by atoms with E-state index in [1.54, 1.807) is 19.1 Å². The highest BCUT2D eigenvalue weighted by molar-refractivity contribution is 9.10. The van der Waals surface area contributed by atoms with E-state index in [2.05, 4.69) is 21.2 Å². The fourth-order valence-electron chi connectivity index (χ4n) is 5.51. The van der Waals surface area contributed by atoms with Crippen LogP contribution in [0.3, 0.4) is 0 Å². The molecule has 6 rings (SSSR count). The molecule has 234 valence electrons. The zero-order chi connectivity index (χ0) is 32.7. The van der Waals surface area contributed by atoms with E-state index in [4.69, 9.17) is 4.74 Å². The van der Waals surface area contributed by atoms with Crippen molar-refractivity contribution in [3.05, 3.63) is 113 Å². The Morgan fingerprint density at radius 3 is 2.28 bits per heavy atom. The molecule has 2 unspecified atom stereocenters. The number of hydrogen-bond donors (Lipinski definition) is 1. The summed E-state index contributed by atoms with van der Waals surface area (Å²) in [6.07, 6.45) is 0. The number of amides is 3. The lowest BCUT2D eigenvalue weighted by Gasteiger charge is -2.30. The number of nitrogens with zero attached hydrogens (tertiary/aromatic N) is 3. The standard InChI is InChI=1S/C31H23BrN4O8S2/c1-2-44-30(40)17-5-9-19(10-6-17)33-22(37)15-34-29-26(46-31(34)41)23(16-3-7-18(32)8-4-16)24-25(45-29)28(39)35(27(24)38)20-11-13-21(14-12-20)36(42)43/h3-14,23-25H,2,15H2,1H3,(H,33,37)/t23-,24?,25?/m1/s1. The Kier molecular flexibility index (Phi) is 8.63. The third-order valence-electron chi connectivity index (χ3n) is 7.58. The van der Waals surface area contributed by atoms with Gasteiger partial charge in [-0.1, -0.05) is 51.2 Å². The fraction of sp³-hybridized carbons (Fsp3) is 0.194. The summed E-state index contributed by atoms with van der Waals surface area (Å²) >= 11 is 5.41. The van der Waals surface area contributed by atoms with E-state index in [-0.39, 0.29) is 24.5 Å². The molecule has 0 aliphatic carbocycles. The molecule has 15 heteroatoms. The number of nitro groups is 1. The van der Waals surface area contributed by atoms with Crippen LogP contribution in [0.5, 0.6) is 0 Å². The van der Waals surface area contributed by atoms with Gasteiger partial charge < -0.3 is 10.1 Å². The van der Waals surface area contributed by atoms with E-state index in [0.717, 1.165) is 32.5 Å². The van der Waals surface area contributed by atoms with Crippen molar-refractivity contribution in [2.24, 2.45) is 5.92 Å². The Morgan fingerprint density at radius 2 is 1.65 bits per heavy atom. The van der Waals surface area contributed by atoms with Gasteiger partial charge in [0.15, 0.2) is 0 Å². The normalized spacial score (nSPS) is 18.6. The lowest BCUT2D eigenvalue weighted by atomic mass is 9.83. The van der Waals surface area contributed by atoms with Gasteiger partial charge in [0.1, 0.15) is 11.8 Å². The molecule has 1 aromatic heterocycles. The quantitative estimate of drug-likeness (QED) is 0.112. The zero-order valence-corrected chi connectivity index (χ0v) is 27.1. The predicted octanol–water partition coefficient (Wildman–Crippen LogP) is 5.19. The maximum atomic E-state index is 14.0. The first-order valence-corrected chi connectivity index (χ1v) is 16.4. The molecule has 1 saturated heterocycles. The molecule has 2 aliphatic heterocycles. The molecule has 1 N–H and O–H groups in total. The minimum Gasteiger partial charge on any atom is -0.462 e. The highest BCUT2D eigenvalue weighted by Crippen LogP contribution is 2.54. The summed E-state index contributed by atoms with van der Waals surface area (Å²) in [7, 11) is 0. The third-order valence-corrected chi connectivity index (χ3v) is 10.7. The number of nitrogens with one attached hydrogen (secondary N) is 1. The highest BCUT2D eigenvalue weighted by Gasteiger charge is 2.56. The molecule has 4 aromatic rings. The molecule has 3 aromatic carbocycles. The van der Waals surface area contributed by atoms with E-state index in [1.165, 1.54) is 41.0 Å². The molecule has 3 amide bonds. The van der Waals surface area contributed by atoms with Gasteiger partial charge in [-0.15, -0.1) is 0 Å². The fourth-order valence-corrected chi connectivity index (χ4v) is 8.55. The predicted molar refractivity (Wildman–Crippen MR) is 174 cm³/mol. The first kappa shape index (κ1) is 31.4. The van der Waals surface area contributed by atoms with Gasteiger partial charge in [0.2, 0.25) is 17.7 Å². The van der Waals surface area contributed by atoms with Crippen molar-refractivity contribution in [3.63, 3.8) is 0 Å². The summed E-state index contributed by atoms with van der Waals surface area (Å²) in [6, 6.07) is 18.6. The number of nitro benzene ring substituents is 1. The Morgan fingerprint density at radius 1 is 0.978 bits per heavy atom. The summed E-state index contributed by atoms with van der Waals surface area (Å²) in [4.78, 5) is 78.1. The van der Waals surface area contributed by atoms with Crippen LogP contribution in [0.25, 0.3) is 0 Å². The monoisotopic (exact) mass is 722 g/mol. The van der Waals surface area contributed by atoms with Crippen molar-refractivity contribution in [2.75, 3.05) is 16.8 Å². The van der Waals surface area contributed by atoms with Gasteiger partial charge >= 0.3 is 10.8 Å². The molecule has 0 radical (unpaired) electrons. The number of fused-ring (bicyclic) bond motifs is 2. The van der Waals surface area contributed by atoms with Gasteiger partial charge in [-0.3, -0.25) is 33.9 Å². The van der Waals surface area contributed by atoms with Crippen molar-refractivity contribution in [3.8, 4) is 0 Å². The first-order chi connectivity index (χ1) is 22.1. The number of benzene rings is 3. The lowest BCUT2D eigenvalue weighted by Crippen LogP contribution is -2.33. The van der Waals surface area contributed by atoms with Crippen molar-refractivity contribution in [2.45, 2.75) is 29.7 Å². The number of thiazole rings is 1.